The van der Waals surface area contributed by atoms with Crippen LogP contribution in [0.15, 0.2) is 53.2 Å². The number of nitrogens with one attached hydrogen (secondary N) is 1. The largest absolute Gasteiger partial charge is 0.352 e. The van der Waals surface area contributed by atoms with Crippen LogP contribution >= 0.6 is 22.7 Å². The zero-order valence-corrected chi connectivity index (χ0v) is 17.3. The second-order valence-corrected chi connectivity index (χ2v) is 8.28. The molecule has 4 rings (SSSR count). The maximum atomic E-state index is 12.4. The monoisotopic (exact) mass is 408 g/mol. The smallest absolute Gasteiger partial charge is 0.226 e. The predicted molar refractivity (Wildman–Crippen MR) is 114 cm³/mol. The summed E-state index contributed by atoms with van der Waals surface area (Å²) >= 11 is 3.23. The van der Waals surface area contributed by atoms with Gasteiger partial charge >= 0.3 is 0 Å². The maximum absolute atomic E-state index is 12.4. The van der Waals surface area contributed by atoms with Crippen LogP contribution in [0.3, 0.4) is 0 Å². The molecule has 7 heteroatoms. The summed E-state index contributed by atoms with van der Waals surface area (Å²) in [5, 5.41) is 12.6. The zero-order chi connectivity index (χ0) is 19.5. The van der Waals surface area contributed by atoms with Crippen molar-refractivity contribution in [3.63, 3.8) is 0 Å². The Morgan fingerprint density at radius 1 is 1.11 bits per heavy atom. The first kappa shape index (κ1) is 18.6. The number of nitrogens with zero attached hydrogens (tertiary/aromatic N) is 3. The summed E-state index contributed by atoms with van der Waals surface area (Å²) in [4.78, 5) is 18.1. The topological polar surface area (TPSA) is 59.8 Å². The molecule has 3 aromatic heterocycles. The van der Waals surface area contributed by atoms with E-state index in [1.54, 1.807) is 22.7 Å². The number of benzene rings is 1. The maximum Gasteiger partial charge on any atom is 0.226 e. The molecule has 5 nitrogen and oxygen atoms in total. The van der Waals surface area contributed by atoms with Crippen LogP contribution in [0.4, 0.5) is 0 Å². The standard InChI is InChI=1S/C21H20N4OS2/c1-14-18(15(2)25(24-14)17-7-4-3-5-8-17)12-22-20(26)11-16-13-28-21(23-16)19-9-6-10-27-19/h3-10,13H,11-12H2,1-2H3,(H,22,26). The van der Waals surface area contributed by atoms with E-state index in [1.165, 1.54) is 0 Å². The van der Waals surface area contributed by atoms with E-state index in [0.29, 0.717) is 6.54 Å². The summed E-state index contributed by atoms with van der Waals surface area (Å²) in [6.07, 6.45) is 0.285. The van der Waals surface area contributed by atoms with Crippen molar-refractivity contribution in [1.82, 2.24) is 20.1 Å². The van der Waals surface area contributed by atoms with E-state index < -0.39 is 0 Å². The van der Waals surface area contributed by atoms with Gasteiger partial charge in [0.05, 0.1) is 28.4 Å². The molecular weight excluding hydrogens is 388 g/mol. The highest BCUT2D eigenvalue weighted by Crippen LogP contribution is 2.27. The molecule has 0 atom stereocenters. The van der Waals surface area contributed by atoms with Crippen LogP contribution in [-0.2, 0) is 17.8 Å². The Morgan fingerprint density at radius 2 is 1.93 bits per heavy atom. The number of carbonyl (C=O) groups is 1. The predicted octanol–water partition coefficient (Wildman–Crippen LogP) is 4.53. The van der Waals surface area contributed by atoms with Crippen molar-refractivity contribution in [2.24, 2.45) is 0 Å². The molecule has 0 bridgehead atoms. The summed E-state index contributed by atoms with van der Waals surface area (Å²) in [5.41, 5.74) is 4.84. The highest BCUT2D eigenvalue weighted by molar-refractivity contribution is 7.20. The van der Waals surface area contributed by atoms with E-state index in [-0.39, 0.29) is 12.3 Å². The molecule has 28 heavy (non-hydrogen) atoms. The lowest BCUT2D eigenvalue weighted by molar-refractivity contribution is -0.120. The van der Waals surface area contributed by atoms with Crippen LogP contribution in [0.2, 0.25) is 0 Å². The molecule has 0 fully saturated rings. The molecule has 0 aliphatic heterocycles. The number of thiophene rings is 1. The fourth-order valence-electron chi connectivity index (χ4n) is 3.07. The van der Waals surface area contributed by atoms with Crippen LogP contribution in [-0.4, -0.2) is 20.7 Å². The van der Waals surface area contributed by atoms with Gasteiger partial charge in [0, 0.05) is 23.2 Å². The van der Waals surface area contributed by atoms with E-state index in [2.05, 4.69) is 15.4 Å². The molecule has 1 amide bonds. The van der Waals surface area contributed by atoms with E-state index in [1.807, 2.05) is 71.8 Å². The van der Waals surface area contributed by atoms with Crippen molar-refractivity contribution >= 4 is 28.6 Å². The molecule has 1 aromatic carbocycles. The summed E-state index contributed by atoms with van der Waals surface area (Å²) in [5.74, 6) is -0.0331. The van der Waals surface area contributed by atoms with Crippen LogP contribution in [0.25, 0.3) is 15.6 Å². The Hall–Kier alpha value is -2.77. The molecule has 0 aliphatic rings. The molecule has 142 valence electrons. The average Bonchev–Trinajstić information content (AvgIpc) is 3.43. The Morgan fingerprint density at radius 3 is 2.68 bits per heavy atom. The van der Waals surface area contributed by atoms with Crippen LogP contribution in [0, 0.1) is 13.8 Å². The number of rotatable bonds is 6. The first-order chi connectivity index (χ1) is 13.6. The van der Waals surface area contributed by atoms with Crippen LogP contribution < -0.4 is 5.32 Å². The summed E-state index contributed by atoms with van der Waals surface area (Å²) in [7, 11) is 0. The summed E-state index contributed by atoms with van der Waals surface area (Å²) in [6, 6.07) is 14.1. The molecule has 0 spiro atoms. The minimum absolute atomic E-state index is 0.0331. The van der Waals surface area contributed by atoms with Crippen molar-refractivity contribution in [1.29, 1.82) is 0 Å². The molecule has 0 saturated carbocycles. The number of hydrogen-bond acceptors (Lipinski definition) is 5. The number of aromatic nitrogens is 3. The molecule has 1 N–H and O–H groups in total. The average molecular weight is 409 g/mol. The van der Waals surface area contributed by atoms with Gasteiger partial charge in [-0.05, 0) is 37.4 Å². The van der Waals surface area contributed by atoms with Crippen LogP contribution in [0.1, 0.15) is 22.6 Å². The van der Waals surface area contributed by atoms with Gasteiger partial charge in [0.15, 0.2) is 0 Å². The van der Waals surface area contributed by atoms with Crippen molar-refractivity contribution in [2.45, 2.75) is 26.8 Å². The Balaban J connectivity index is 1.41. The molecule has 0 saturated heterocycles. The Kier molecular flexibility index (Phi) is 5.36. The van der Waals surface area contributed by atoms with E-state index in [9.17, 15) is 4.79 Å². The number of amides is 1. The Bertz CT molecular complexity index is 1080. The molecule has 0 unspecified atom stereocenters. The summed E-state index contributed by atoms with van der Waals surface area (Å²) < 4.78 is 1.92. The van der Waals surface area contributed by atoms with Crippen molar-refractivity contribution in [2.75, 3.05) is 0 Å². The number of thiazole rings is 1. The minimum atomic E-state index is -0.0331. The van der Waals surface area contributed by atoms with E-state index in [4.69, 9.17) is 0 Å². The fraction of sp³-hybridized carbons (Fsp3) is 0.190. The molecule has 0 radical (unpaired) electrons. The third-order valence-electron chi connectivity index (χ3n) is 4.53. The van der Waals surface area contributed by atoms with Gasteiger partial charge in [-0.1, -0.05) is 24.3 Å². The number of carbonyl (C=O) groups excluding carboxylic acids is 1. The van der Waals surface area contributed by atoms with Crippen molar-refractivity contribution < 1.29 is 4.79 Å². The van der Waals surface area contributed by atoms with Gasteiger partial charge in [-0.2, -0.15) is 5.10 Å². The molecular formula is C21H20N4OS2. The van der Waals surface area contributed by atoms with Crippen molar-refractivity contribution in [3.8, 4) is 15.6 Å². The normalized spacial score (nSPS) is 10.9. The number of hydrogen-bond donors (Lipinski definition) is 1. The van der Waals surface area contributed by atoms with E-state index in [0.717, 1.165) is 38.2 Å². The molecule has 0 aliphatic carbocycles. The van der Waals surface area contributed by atoms with Crippen molar-refractivity contribution in [3.05, 3.63) is 75.9 Å². The van der Waals surface area contributed by atoms with Gasteiger partial charge < -0.3 is 5.32 Å². The highest BCUT2D eigenvalue weighted by Gasteiger charge is 2.15. The second-order valence-electron chi connectivity index (χ2n) is 6.47. The molecule has 4 aromatic rings. The number of para-hydroxylation sites is 1. The van der Waals surface area contributed by atoms with Gasteiger partial charge in [0.1, 0.15) is 5.01 Å². The van der Waals surface area contributed by atoms with Gasteiger partial charge in [-0.3, -0.25) is 4.79 Å². The first-order valence-electron chi connectivity index (χ1n) is 8.97. The van der Waals surface area contributed by atoms with Gasteiger partial charge in [-0.15, -0.1) is 22.7 Å². The third-order valence-corrected chi connectivity index (χ3v) is 6.46. The first-order valence-corrected chi connectivity index (χ1v) is 10.7. The fourth-order valence-corrected chi connectivity index (χ4v) is 4.70. The van der Waals surface area contributed by atoms with Gasteiger partial charge in [-0.25, -0.2) is 9.67 Å². The SMILES string of the molecule is Cc1nn(-c2ccccc2)c(C)c1CNC(=O)Cc1csc(-c2cccs2)n1. The quantitative estimate of drug-likeness (QED) is 0.510. The summed E-state index contributed by atoms with van der Waals surface area (Å²) in [6.45, 7) is 4.47. The third kappa shape index (κ3) is 3.90. The zero-order valence-electron chi connectivity index (χ0n) is 15.7. The van der Waals surface area contributed by atoms with Gasteiger partial charge in [0.2, 0.25) is 5.91 Å². The van der Waals surface area contributed by atoms with E-state index >= 15 is 0 Å². The second kappa shape index (κ2) is 8.08. The minimum Gasteiger partial charge on any atom is -0.352 e. The highest BCUT2D eigenvalue weighted by atomic mass is 32.1. The lowest BCUT2D eigenvalue weighted by atomic mass is 10.2. The lowest BCUT2D eigenvalue weighted by Gasteiger charge is -2.07. The number of aryl methyl sites for hydroxylation is 1. The molecule has 3 heterocycles. The van der Waals surface area contributed by atoms with Gasteiger partial charge in [0.25, 0.3) is 0 Å². The Labute approximate surface area is 171 Å². The van der Waals surface area contributed by atoms with Crippen LogP contribution in [0.5, 0.6) is 0 Å². The lowest BCUT2D eigenvalue weighted by Crippen LogP contribution is -2.25.